The summed E-state index contributed by atoms with van der Waals surface area (Å²) in [4.78, 5) is 0. The summed E-state index contributed by atoms with van der Waals surface area (Å²) in [5.74, 6) is 1.74. The predicted molar refractivity (Wildman–Crippen MR) is 59.1 cm³/mol. The van der Waals surface area contributed by atoms with Crippen LogP contribution in [0, 0.1) is 11.8 Å². The molecule has 1 N–H and O–H groups in total. The second-order valence-corrected chi connectivity index (χ2v) is 6.87. The molecule has 1 aliphatic rings. The van der Waals surface area contributed by atoms with Crippen LogP contribution in [0.15, 0.2) is 0 Å². The van der Waals surface area contributed by atoms with Crippen LogP contribution in [0.5, 0.6) is 0 Å². The van der Waals surface area contributed by atoms with Gasteiger partial charge in [0.15, 0.2) is 9.84 Å². The lowest BCUT2D eigenvalue weighted by Crippen LogP contribution is -2.33. The fraction of sp³-hybridized carbons (Fsp3) is 1.00. The van der Waals surface area contributed by atoms with Crippen molar-refractivity contribution in [3.63, 3.8) is 0 Å². The summed E-state index contributed by atoms with van der Waals surface area (Å²) < 4.78 is 22.5. The van der Waals surface area contributed by atoms with Gasteiger partial charge in [-0.1, -0.05) is 13.8 Å². The molecule has 2 unspecified atom stereocenters. The normalized spacial score (nSPS) is 28.1. The molecule has 84 valence electrons. The van der Waals surface area contributed by atoms with Crippen LogP contribution in [0.25, 0.3) is 0 Å². The number of sulfone groups is 1. The molecule has 0 bridgehead atoms. The summed E-state index contributed by atoms with van der Waals surface area (Å²) in [6.45, 7) is 4.34. The molecule has 0 aromatic rings. The van der Waals surface area contributed by atoms with Crippen molar-refractivity contribution in [3.05, 3.63) is 0 Å². The molecule has 0 aliphatic carbocycles. The van der Waals surface area contributed by atoms with Gasteiger partial charge in [0.1, 0.15) is 0 Å². The minimum Gasteiger partial charge on any atom is -0.317 e. The molecule has 0 saturated carbocycles. The Labute approximate surface area is 87.2 Å². The highest BCUT2D eigenvalue weighted by atomic mass is 32.2. The molecular weight excluding hydrogens is 198 g/mol. The van der Waals surface area contributed by atoms with E-state index in [-0.39, 0.29) is 0 Å². The highest BCUT2D eigenvalue weighted by Gasteiger charge is 2.29. The van der Waals surface area contributed by atoms with Crippen molar-refractivity contribution in [1.29, 1.82) is 0 Å². The SMILES string of the molecule is CNC(CC1CCS(=O)(=O)C1)C(C)C. The van der Waals surface area contributed by atoms with E-state index in [0.29, 0.717) is 29.4 Å². The van der Waals surface area contributed by atoms with Gasteiger partial charge in [-0.15, -0.1) is 0 Å². The van der Waals surface area contributed by atoms with E-state index in [4.69, 9.17) is 0 Å². The molecule has 1 aliphatic heterocycles. The van der Waals surface area contributed by atoms with Gasteiger partial charge in [-0.3, -0.25) is 0 Å². The van der Waals surface area contributed by atoms with Crippen molar-refractivity contribution in [2.75, 3.05) is 18.6 Å². The van der Waals surface area contributed by atoms with Crippen molar-refractivity contribution >= 4 is 9.84 Å². The van der Waals surface area contributed by atoms with Gasteiger partial charge in [-0.25, -0.2) is 8.42 Å². The second-order valence-electron chi connectivity index (χ2n) is 4.64. The summed E-state index contributed by atoms with van der Waals surface area (Å²) in [6.07, 6.45) is 1.85. The molecular formula is C10H21NO2S. The first-order valence-electron chi connectivity index (χ1n) is 5.32. The van der Waals surface area contributed by atoms with Crippen LogP contribution in [0.2, 0.25) is 0 Å². The summed E-state index contributed by atoms with van der Waals surface area (Å²) in [5.41, 5.74) is 0. The van der Waals surface area contributed by atoms with Gasteiger partial charge < -0.3 is 5.32 Å². The summed E-state index contributed by atoms with van der Waals surface area (Å²) in [7, 11) is -0.750. The Bertz CT molecular complexity index is 272. The van der Waals surface area contributed by atoms with Gasteiger partial charge in [0.25, 0.3) is 0 Å². The third kappa shape index (κ3) is 3.24. The fourth-order valence-corrected chi connectivity index (χ4v) is 4.02. The first kappa shape index (κ1) is 12.0. The molecule has 0 amide bonds. The van der Waals surface area contributed by atoms with Gasteiger partial charge in [-0.2, -0.15) is 0 Å². The lowest BCUT2D eigenvalue weighted by Gasteiger charge is -2.22. The van der Waals surface area contributed by atoms with Crippen LogP contribution < -0.4 is 5.32 Å². The fourth-order valence-electron chi connectivity index (χ4n) is 2.14. The lowest BCUT2D eigenvalue weighted by atomic mass is 9.92. The molecule has 3 nitrogen and oxygen atoms in total. The third-order valence-corrected chi connectivity index (χ3v) is 4.93. The summed E-state index contributed by atoms with van der Waals surface area (Å²) in [5, 5.41) is 3.26. The monoisotopic (exact) mass is 219 g/mol. The first-order chi connectivity index (χ1) is 6.44. The van der Waals surface area contributed by atoms with Gasteiger partial charge in [-0.05, 0) is 31.7 Å². The maximum atomic E-state index is 11.3. The number of nitrogens with one attached hydrogen (secondary N) is 1. The minimum atomic E-state index is -2.70. The van der Waals surface area contributed by atoms with Crippen molar-refractivity contribution in [2.45, 2.75) is 32.7 Å². The van der Waals surface area contributed by atoms with Crippen LogP contribution in [-0.4, -0.2) is 33.0 Å². The molecule has 0 aromatic heterocycles. The maximum absolute atomic E-state index is 11.3. The van der Waals surface area contributed by atoms with E-state index >= 15 is 0 Å². The third-order valence-electron chi connectivity index (χ3n) is 3.09. The Balaban J connectivity index is 2.45. The maximum Gasteiger partial charge on any atom is 0.150 e. The first-order valence-corrected chi connectivity index (χ1v) is 7.14. The molecule has 1 heterocycles. The zero-order valence-corrected chi connectivity index (χ0v) is 10.1. The summed E-state index contributed by atoms with van der Waals surface area (Å²) in [6, 6.07) is 0.452. The minimum absolute atomic E-state index is 0.375. The number of hydrogen-bond acceptors (Lipinski definition) is 3. The topological polar surface area (TPSA) is 46.2 Å². The predicted octanol–water partition coefficient (Wildman–Crippen LogP) is 1.06. The van der Waals surface area contributed by atoms with Crippen LogP contribution >= 0.6 is 0 Å². The van der Waals surface area contributed by atoms with E-state index in [1.165, 1.54) is 0 Å². The largest absolute Gasteiger partial charge is 0.317 e. The van der Waals surface area contributed by atoms with Gasteiger partial charge >= 0.3 is 0 Å². The average molecular weight is 219 g/mol. The van der Waals surface area contributed by atoms with E-state index in [1.54, 1.807) is 0 Å². The highest BCUT2D eigenvalue weighted by molar-refractivity contribution is 7.91. The smallest absolute Gasteiger partial charge is 0.150 e. The highest BCUT2D eigenvalue weighted by Crippen LogP contribution is 2.24. The zero-order chi connectivity index (χ0) is 10.8. The van der Waals surface area contributed by atoms with E-state index in [1.807, 2.05) is 7.05 Å². The lowest BCUT2D eigenvalue weighted by molar-refractivity contribution is 0.349. The Morgan fingerprint density at radius 3 is 2.43 bits per heavy atom. The van der Waals surface area contributed by atoms with Crippen LogP contribution in [0.1, 0.15) is 26.7 Å². The average Bonchev–Trinajstić information content (AvgIpc) is 2.41. The van der Waals surface area contributed by atoms with Crippen molar-refractivity contribution < 1.29 is 8.42 Å². The van der Waals surface area contributed by atoms with Crippen molar-refractivity contribution in [3.8, 4) is 0 Å². The second kappa shape index (κ2) is 4.62. The number of rotatable bonds is 4. The Morgan fingerprint density at radius 1 is 1.43 bits per heavy atom. The van der Waals surface area contributed by atoms with Crippen molar-refractivity contribution in [1.82, 2.24) is 5.32 Å². The molecule has 14 heavy (non-hydrogen) atoms. The Hall–Kier alpha value is -0.0900. The van der Waals surface area contributed by atoms with Crippen molar-refractivity contribution in [2.24, 2.45) is 11.8 Å². The molecule has 1 saturated heterocycles. The van der Waals surface area contributed by atoms with E-state index in [0.717, 1.165) is 12.8 Å². The Morgan fingerprint density at radius 2 is 2.07 bits per heavy atom. The molecule has 0 aromatic carbocycles. The van der Waals surface area contributed by atoms with E-state index in [9.17, 15) is 8.42 Å². The summed E-state index contributed by atoms with van der Waals surface area (Å²) >= 11 is 0. The van der Waals surface area contributed by atoms with E-state index in [2.05, 4.69) is 19.2 Å². The standard InChI is InChI=1S/C10H21NO2S/c1-8(2)10(11-3)6-9-4-5-14(12,13)7-9/h8-11H,4-7H2,1-3H3. The van der Waals surface area contributed by atoms with Crippen LogP contribution in [-0.2, 0) is 9.84 Å². The molecule has 1 rings (SSSR count). The Kier molecular flexibility index (Phi) is 3.95. The zero-order valence-electron chi connectivity index (χ0n) is 9.29. The molecule has 1 fully saturated rings. The number of hydrogen-bond donors (Lipinski definition) is 1. The van der Waals surface area contributed by atoms with Gasteiger partial charge in [0, 0.05) is 6.04 Å². The van der Waals surface area contributed by atoms with Crippen LogP contribution in [0.3, 0.4) is 0 Å². The van der Waals surface area contributed by atoms with Gasteiger partial charge in [0.2, 0.25) is 0 Å². The quantitative estimate of drug-likeness (QED) is 0.769. The van der Waals surface area contributed by atoms with Crippen LogP contribution in [0.4, 0.5) is 0 Å². The molecule has 2 atom stereocenters. The molecule has 0 radical (unpaired) electrons. The van der Waals surface area contributed by atoms with Gasteiger partial charge in [0.05, 0.1) is 11.5 Å². The molecule has 0 spiro atoms. The van der Waals surface area contributed by atoms with E-state index < -0.39 is 9.84 Å². The molecule has 4 heteroatoms.